The Hall–Kier alpha value is -1.84. The van der Waals surface area contributed by atoms with Gasteiger partial charge < -0.3 is 24.7 Å². The second-order valence-electron chi connectivity index (χ2n) is 4.63. The van der Waals surface area contributed by atoms with Gasteiger partial charge >= 0.3 is 13.5 Å². The molecule has 0 bridgehead atoms. The molecule has 1 fully saturated rings. The standard InChI is InChI=1S/C11H12FN2O9P/c1-2-5-3-14(10(18)13-8(5)17)9-6(15)7(16)11(12,23-9)4-22-24(19,20)21/h1,3,6-7,9,15-16H,4H2,(H,13,17,18)(H2,19,20,21)/t6-,7+,9-,11-/m1/s1/i4D2. The predicted molar refractivity (Wildman–Crippen MR) is 73.2 cm³/mol. The Morgan fingerprint density at radius 1 is 1.58 bits per heavy atom. The fraction of sp³-hybridized carbons (Fsp3) is 0.455. The number of ether oxygens (including phenoxy) is 1. The molecular weight excluding hydrogens is 354 g/mol. The summed E-state index contributed by atoms with van der Waals surface area (Å²) in [4.78, 5) is 42.3. The van der Waals surface area contributed by atoms with Crippen molar-refractivity contribution in [2.75, 3.05) is 6.56 Å². The third kappa shape index (κ3) is 3.47. The first-order valence-electron chi connectivity index (χ1n) is 7.05. The van der Waals surface area contributed by atoms with Crippen LogP contribution in [0.2, 0.25) is 0 Å². The number of aromatic amines is 1. The Labute approximate surface area is 135 Å². The number of phosphoric acid groups is 1. The summed E-state index contributed by atoms with van der Waals surface area (Å²) in [6.45, 7) is -3.94. The highest BCUT2D eigenvalue weighted by Crippen LogP contribution is 2.43. The van der Waals surface area contributed by atoms with Crippen molar-refractivity contribution in [1.82, 2.24) is 9.55 Å². The zero-order valence-corrected chi connectivity index (χ0v) is 12.4. The molecule has 1 aromatic rings. The summed E-state index contributed by atoms with van der Waals surface area (Å²) in [5, 5.41) is 19.7. The number of terminal acetylenes is 1. The highest BCUT2D eigenvalue weighted by Gasteiger charge is 2.57. The van der Waals surface area contributed by atoms with E-state index in [9.17, 15) is 28.8 Å². The van der Waals surface area contributed by atoms with Crippen molar-refractivity contribution < 1.29 is 41.0 Å². The van der Waals surface area contributed by atoms with Crippen LogP contribution in [0.1, 0.15) is 14.5 Å². The van der Waals surface area contributed by atoms with E-state index in [2.05, 4.69) is 9.26 Å². The van der Waals surface area contributed by atoms with Crippen LogP contribution in [0.3, 0.4) is 0 Å². The van der Waals surface area contributed by atoms with Crippen LogP contribution in [0.4, 0.5) is 4.39 Å². The number of aliphatic hydroxyl groups is 2. The van der Waals surface area contributed by atoms with Crippen LogP contribution in [0.5, 0.6) is 0 Å². The van der Waals surface area contributed by atoms with Crippen LogP contribution in [-0.2, 0) is 13.8 Å². The maximum absolute atomic E-state index is 14.9. The summed E-state index contributed by atoms with van der Waals surface area (Å²) < 4.78 is 48.9. The number of hydrogen-bond acceptors (Lipinski definition) is 7. The zero-order chi connectivity index (χ0) is 20.1. The average molecular weight is 368 g/mol. The van der Waals surface area contributed by atoms with Gasteiger partial charge in [-0.25, -0.2) is 13.8 Å². The molecule has 4 atom stereocenters. The number of nitrogens with one attached hydrogen (secondary N) is 1. The number of hydrogen-bond donors (Lipinski definition) is 5. The number of H-pyrrole nitrogens is 1. The number of nitrogens with zero attached hydrogens (tertiary/aromatic N) is 1. The Morgan fingerprint density at radius 2 is 2.21 bits per heavy atom. The molecule has 1 aromatic heterocycles. The second-order valence-corrected chi connectivity index (χ2v) is 5.79. The minimum absolute atomic E-state index is 0.374. The van der Waals surface area contributed by atoms with E-state index in [0.717, 1.165) is 0 Å². The maximum atomic E-state index is 14.9. The molecule has 1 saturated heterocycles. The summed E-state index contributed by atoms with van der Waals surface area (Å²) in [5.41, 5.74) is -2.65. The van der Waals surface area contributed by atoms with Gasteiger partial charge in [-0.3, -0.25) is 18.9 Å². The molecule has 11 nitrogen and oxygen atoms in total. The van der Waals surface area contributed by atoms with Crippen LogP contribution < -0.4 is 11.2 Å². The fourth-order valence-electron chi connectivity index (χ4n) is 1.90. The van der Waals surface area contributed by atoms with Crippen LogP contribution in [0, 0.1) is 12.3 Å². The van der Waals surface area contributed by atoms with E-state index in [4.69, 9.17) is 19.0 Å². The molecule has 0 aromatic carbocycles. The molecule has 13 heteroatoms. The van der Waals surface area contributed by atoms with Gasteiger partial charge in [-0.05, 0) is 0 Å². The van der Waals surface area contributed by atoms with E-state index in [0.29, 0.717) is 10.8 Å². The summed E-state index contributed by atoms with van der Waals surface area (Å²) in [6, 6.07) is 0. The van der Waals surface area contributed by atoms with E-state index in [-0.39, 0.29) is 0 Å². The minimum Gasteiger partial charge on any atom is -0.385 e. The quantitative estimate of drug-likeness (QED) is 0.286. The Bertz CT molecular complexity index is 921. The minimum atomic E-state index is -5.58. The average Bonchev–Trinajstić information content (AvgIpc) is 2.71. The van der Waals surface area contributed by atoms with Gasteiger partial charge in [0.1, 0.15) is 24.3 Å². The number of phosphoric ester groups is 1. The second kappa shape index (κ2) is 6.23. The van der Waals surface area contributed by atoms with Gasteiger partial charge in [0, 0.05) is 6.20 Å². The van der Waals surface area contributed by atoms with E-state index >= 15 is 0 Å². The van der Waals surface area contributed by atoms with Crippen LogP contribution >= 0.6 is 7.82 Å². The van der Waals surface area contributed by atoms with Crippen LogP contribution in [-0.4, -0.2) is 54.2 Å². The lowest BCUT2D eigenvalue weighted by atomic mass is 10.1. The molecular formula is C11H12FN2O9P. The fourth-order valence-corrected chi connectivity index (χ4v) is 2.14. The van der Waals surface area contributed by atoms with Crippen molar-refractivity contribution in [3.05, 3.63) is 32.6 Å². The summed E-state index contributed by atoms with van der Waals surface area (Å²) in [6.07, 6.45) is -1.41. The Morgan fingerprint density at radius 3 is 2.75 bits per heavy atom. The summed E-state index contributed by atoms with van der Waals surface area (Å²) in [7, 11) is -5.58. The Kier molecular flexibility index (Phi) is 4.07. The molecule has 24 heavy (non-hydrogen) atoms. The van der Waals surface area contributed by atoms with E-state index in [1.54, 1.807) is 4.98 Å². The summed E-state index contributed by atoms with van der Waals surface area (Å²) >= 11 is 0. The first-order chi connectivity index (χ1) is 11.7. The molecule has 2 heterocycles. The molecule has 0 saturated carbocycles. The molecule has 132 valence electrons. The highest BCUT2D eigenvalue weighted by molar-refractivity contribution is 7.46. The zero-order valence-electron chi connectivity index (χ0n) is 13.5. The van der Waals surface area contributed by atoms with Gasteiger partial charge in [-0.1, -0.05) is 5.92 Å². The van der Waals surface area contributed by atoms with E-state index in [1.807, 2.05) is 5.92 Å². The number of halogens is 1. The van der Waals surface area contributed by atoms with Gasteiger partial charge in [-0.2, -0.15) is 0 Å². The molecule has 0 radical (unpaired) electrons. The van der Waals surface area contributed by atoms with Crippen molar-refractivity contribution in [1.29, 1.82) is 0 Å². The SMILES string of the molecule is [2H]C([2H])(OP(=O)(O)O)[C@@]1(F)O[C@@H](n2cc(C#C)c(=O)[nH]c2=O)[C@H](O)[C@@H]1O. The van der Waals surface area contributed by atoms with Crippen molar-refractivity contribution >= 4 is 7.82 Å². The largest absolute Gasteiger partial charge is 0.469 e. The van der Waals surface area contributed by atoms with Gasteiger partial charge in [0.25, 0.3) is 11.4 Å². The van der Waals surface area contributed by atoms with Crippen molar-refractivity contribution in [3.8, 4) is 12.3 Å². The normalized spacial score (nSPS) is 32.1. The van der Waals surface area contributed by atoms with Crippen molar-refractivity contribution in [2.24, 2.45) is 0 Å². The predicted octanol–water partition coefficient (Wildman–Crippen LogP) is -2.46. The number of aliphatic hydroxyl groups excluding tert-OH is 2. The molecule has 1 aliphatic heterocycles. The molecule has 0 aliphatic carbocycles. The first kappa shape index (κ1) is 15.7. The lowest BCUT2D eigenvalue weighted by Crippen LogP contribution is -2.43. The van der Waals surface area contributed by atoms with Gasteiger partial charge in [0.2, 0.25) is 0 Å². The lowest BCUT2D eigenvalue weighted by Gasteiger charge is -2.22. The number of alkyl halides is 1. The topological polar surface area (TPSA) is 171 Å². The summed E-state index contributed by atoms with van der Waals surface area (Å²) in [5.74, 6) is -2.10. The van der Waals surface area contributed by atoms with Gasteiger partial charge in [-0.15, -0.1) is 6.42 Å². The molecule has 0 spiro atoms. The monoisotopic (exact) mass is 368 g/mol. The first-order valence-corrected chi connectivity index (χ1v) is 7.58. The third-order valence-corrected chi connectivity index (χ3v) is 3.32. The van der Waals surface area contributed by atoms with Crippen molar-refractivity contribution in [2.45, 2.75) is 24.3 Å². The van der Waals surface area contributed by atoms with Crippen molar-refractivity contribution in [3.63, 3.8) is 0 Å². The number of rotatable bonds is 4. The third-order valence-electron chi connectivity index (χ3n) is 2.99. The van der Waals surface area contributed by atoms with Crippen LogP contribution in [0.15, 0.2) is 15.8 Å². The molecule has 5 N–H and O–H groups in total. The highest BCUT2D eigenvalue weighted by atomic mass is 31.2. The van der Waals surface area contributed by atoms with E-state index < -0.39 is 55.5 Å². The molecule has 1 aliphatic rings. The van der Waals surface area contributed by atoms with Gasteiger partial charge in [0.15, 0.2) is 6.23 Å². The van der Waals surface area contributed by atoms with E-state index in [1.165, 1.54) is 0 Å². The maximum Gasteiger partial charge on any atom is 0.469 e. The molecule has 0 unspecified atom stereocenters. The Balaban J connectivity index is 2.51. The van der Waals surface area contributed by atoms with Crippen LogP contribution in [0.25, 0.3) is 0 Å². The van der Waals surface area contributed by atoms with Gasteiger partial charge in [0.05, 0.1) is 2.74 Å². The molecule has 0 amide bonds. The smallest absolute Gasteiger partial charge is 0.385 e. The molecule has 2 rings (SSSR count). The number of aromatic nitrogens is 2. The lowest BCUT2D eigenvalue weighted by molar-refractivity contribution is -0.205.